The molecule has 2 rings (SSSR count). The molecule has 1 nitrogen and oxygen atoms in total. The summed E-state index contributed by atoms with van der Waals surface area (Å²) >= 11 is 7.43. The summed E-state index contributed by atoms with van der Waals surface area (Å²) in [6, 6.07) is 7.09. The molecule has 0 aliphatic rings. The Morgan fingerprint density at radius 1 is 1.22 bits per heavy atom. The van der Waals surface area contributed by atoms with Crippen molar-refractivity contribution in [2.45, 2.75) is 26.9 Å². The van der Waals surface area contributed by atoms with E-state index in [4.69, 9.17) is 11.6 Å². The summed E-state index contributed by atoms with van der Waals surface area (Å²) in [5, 5.41) is 3.48. The Bertz CT molecular complexity index is 531. The molecule has 0 aliphatic carbocycles. The van der Waals surface area contributed by atoms with Crippen LogP contribution in [0.1, 0.15) is 20.9 Å². The van der Waals surface area contributed by atoms with Crippen LogP contribution < -0.4 is 5.32 Å². The molecule has 0 bridgehead atoms. The number of rotatable bonds is 4. The number of aryl methyl sites for hydroxylation is 2. The van der Waals surface area contributed by atoms with Gasteiger partial charge in [-0.05, 0) is 43.2 Å². The maximum Gasteiger partial charge on any atom is 0.142 e. The summed E-state index contributed by atoms with van der Waals surface area (Å²) in [6.45, 7) is 5.69. The zero-order valence-corrected chi connectivity index (χ0v) is 12.0. The number of halogens is 2. The van der Waals surface area contributed by atoms with E-state index in [-0.39, 0.29) is 10.8 Å². The van der Waals surface area contributed by atoms with Gasteiger partial charge in [-0.3, -0.25) is 0 Å². The fourth-order valence-corrected chi connectivity index (χ4v) is 2.86. The number of nitrogens with one attached hydrogen (secondary N) is 1. The van der Waals surface area contributed by atoms with Crippen molar-refractivity contribution < 1.29 is 4.39 Å². The maximum absolute atomic E-state index is 13.2. The van der Waals surface area contributed by atoms with Crippen LogP contribution in [0.5, 0.6) is 0 Å². The maximum atomic E-state index is 13.2. The predicted octanol–water partition coefficient (Wildman–Crippen LogP) is 4.45. The first-order chi connectivity index (χ1) is 8.56. The highest BCUT2D eigenvalue weighted by Crippen LogP contribution is 2.20. The second kappa shape index (κ2) is 5.83. The topological polar surface area (TPSA) is 12.0 Å². The standard InChI is InChI=1S/C14H15ClFNS/c1-9-5-12(18-10(9)2)8-17-7-11-3-4-13(15)14(16)6-11/h3-6,17H,7-8H2,1-2H3. The van der Waals surface area contributed by atoms with E-state index in [0.29, 0.717) is 6.54 Å². The number of hydrogen-bond donors (Lipinski definition) is 1. The van der Waals surface area contributed by atoms with E-state index in [1.54, 1.807) is 17.4 Å². The lowest BCUT2D eigenvalue weighted by molar-refractivity contribution is 0.621. The molecule has 1 aromatic heterocycles. The van der Waals surface area contributed by atoms with E-state index in [2.05, 4.69) is 25.2 Å². The van der Waals surface area contributed by atoms with Crippen molar-refractivity contribution in [1.29, 1.82) is 0 Å². The van der Waals surface area contributed by atoms with Gasteiger partial charge in [0.15, 0.2) is 0 Å². The zero-order valence-electron chi connectivity index (χ0n) is 10.4. The van der Waals surface area contributed by atoms with Crippen LogP contribution in [0.2, 0.25) is 5.02 Å². The minimum atomic E-state index is -0.362. The summed E-state index contributed by atoms with van der Waals surface area (Å²) in [4.78, 5) is 2.66. The van der Waals surface area contributed by atoms with Crippen LogP contribution in [0.15, 0.2) is 24.3 Å². The normalized spacial score (nSPS) is 10.9. The zero-order chi connectivity index (χ0) is 13.1. The van der Waals surface area contributed by atoms with E-state index < -0.39 is 0 Å². The van der Waals surface area contributed by atoms with E-state index in [9.17, 15) is 4.39 Å². The minimum Gasteiger partial charge on any atom is -0.308 e. The number of hydrogen-bond acceptors (Lipinski definition) is 2. The molecule has 0 amide bonds. The first-order valence-corrected chi connectivity index (χ1v) is 6.96. The van der Waals surface area contributed by atoms with Gasteiger partial charge in [0.25, 0.3) is 0 Å². The van der Waals surface area contributed by atoms with Gasteiger partial charge >= 0.3 is 0 Å². The van der Waals surface area contributed by atoms with Gasteiger partial charge in [0.2, 0.25) is 0 Å². The molecule has 0 atom stereocenters. The highest BCUT2D eigenvalue weighted by Gasteiger charge is 2.03. The van der Waals surface area contributed by atoms with Gasteiger partial charge in [-0.1, -0.05) is 17.7 Å². The molecule has 4 heteroatoms. The van der Waals surface area contributed by atoms with Gasteiger partial charge in [0.1, 0.15) is 5.82 Å². The second-order valence-electron chi connectivity index (χ2n) is 4.30. The van der Waals surface area contributed by atoms with Gasteiger partial charge < -0.3 is 5.32 Å². The molecule has 2 aromatic rings. The van der Waals surface area contributed by atoms with Crippen molar-refractivity contribution in [3.8, 4) is 0 Å². The summed E-state index contributed by atoms with van der Waals surface area (Å²) in [5.41, 5.74) is 2.23. The average Bonchev–Trinajstić information content (AvgIpc) is 2.63. The van der Waals surface area contributed by atoms with Crippen molar-refractivity contribution in [3.05, 3.63) is 56.0 Å². The Morgan fingerprint density at radius 2 is 2.00 bits per heavy atom. The lowest BCUT2D eigenvalue weighted by Gasteiger charge is -2.04. The van der Waals surface area contributed by atoms with E-state index in [1.807, 2.05) is 6.07 Å². The molecule has 0 radical (unpaired) electrons. The summed E-state index contributed by atoms with van der Waals surface area (Å²) in [6.07, 6.45) is 0. The summed E-state index contributed by atoms with van der Waals surface area (Å²) < 4.78 is 13.2. The Morgan fingerprint density at radius 3 is 2.61 bits per heavy atom. The minimum absolute atomic E-state index is 0.170. The van der Waals surface area contributed by atoms with Crippen LogP contribution in [0.3, 0.4) is 0 Å². The summed E-state index contributed by atoms with van der Waals surface area (Å²) in [5.74, 6) is -0.362. The summed E-state index contributed by atoms with van der Waals surface area (Å²) in [7, 11) is 0. The third-order valence-corrected chi connectivity index (χ3v) is 4.29. The first-order valence-electron chi connectivity index (χ1n) is 5.77. The van der Waals surface area contributed by atoms with Crippen molar-refractivity contribution in [1.82, 2.24) is 5.32 Å². The van der Waals surface area contributed by atoms with Gasteiger partial charge in [-0.25, -0.2) is 4.39 Å². The molecule has 96 valence electrons. The van der Waals surface area contributed by atoms with Gasteiger partial charge in [-0.2, -0.15) is 0 Å². The van der Waals surface area contributed by atoms with Crippen molar-refractivity contribution >= 4 is 22.9 Å². The fraction of sp³-hybridized carbons (Fsp3) is 0.286. The molecule has 0 aliphatic heterocycles. The highest BCUT2D eigenvalue weighted by atomic mass is 35.5. The van der Waals surface area contributed by atoms with Crippen LogP contribution in [0, 0.1) is 19.7 Å². The largest absolute Gasteiger partial charge is 0.308 e. The first kappa shape index (κ1) is 13.5. The fourth-order valence-electron chi connectivity index (χ4n) is 1.72. The van der Waals surface area contributed by atoms with Crippen LogP contribution >= 0.6 is 22.9 Å². The van der Waals surface area contributed by atoms with Crippen LogP contribution in [-0.4, -0.2) is 0 Å². The predicted molar refractivity (Wildman–Crippen MR) is 75.7 cm³/mol. The third-order valence-electron chi connectivity index (χ3n) is 2.83. The highest BCUT2D eigenvalue weighted by molar-refractivity contribution is 7.12. The number of thiophene rings is 1. The van der Waals surface area contributed by atoms with Gasteiger partial charge in [0.05, 0.1) is 5.02 Å². The quantitative estimate of drug-likeness (QED) is 0.874. The van der Waals surface area contributed by atoms with Crippen LogP contribution in [0.4, 0.5) is 4.39 Å². The van der Waals surface area contributed by atoms with Crippen molar-refractivity contribution in [3.63, 3.8) is 0 Å². The molecule has 0 fully saturated rings. The Kier molecular flexibility index (Phi) is 4.38. The SMILES string of the molecule is Cc1cc(CNCc2ccc(Cl)c(F)c2)sc1C. The third kappa shape index (κ3) is 3.31. The molecule has 18 heavy (non-hydrogen) atoms. The van der Waals surface area contributed by atoms with E-state index in [0.717, 1.165) is 12.1 Å². The van der Waals surface area contributed by atoms with Gasteiger partial charge in [-0.15, -0.1) is 11.3 Å². The molecule has 1 aromatic carbocycles. The van der Waals surface area contributed by atoms with E-state index >= 15 is 0 Å². The molecule has 0 spiro atoms. The molecule has 0 saturated carbocycles. The van der Waals surface area contributed by atoms with Crippen LogP contribution in [-0.2, 0) is 13.1 Å². The molecular weight excluding hydrogens is 269 g/mol. The Hall–Kier alpha value is -0.900. The van der Waals surface area contributed by atoms with Crippen molar-refractivity contribution in [2.75, 3.05) is 0 Å². The van der Waals surface area contributed by atoms with E-state index in [1.165, 1.54) is 21.4 Å². The molecule has 0 unspecified atom stereocenters. The Balaban J connectivity index is 1.90. The second-order valence-corrected chi connectivity index (χ2v) is 6.05. The molecule has 1 heterocycles. The average molecular weight is 284 g/mol. The monoisotopic (exact) mass is 283 g/mol. The Labute approximate surface area is 116 Å². The molecule has 0 saturated heterocycles. The lowest BCUT2D eigenvalue weighted by atomic mass is 10.2. The number of benzene rings is 1. The molecular formula is C14H15ClFNS. The van der Waals surface area contributed by atoms with Crippen molar-refractivity contribution in [2.24, 2.45) is 0 Å². The molecule has 1 N–H and O–H groups in total. The van der Waals surface area contributed by atoms with Gasteiger partial charge in [0, 0.05) is 22.8 Å². The lowest BCUT2D eigenvalue weighted by Crippen LogP contribution is -2.11. The van der Waals surface area contributed by atoms with Crippen LogP contribution in [0.25, 0.3) is 0 Å². The smallest absolute Gasteiger partial charge is 0.142 e.